The summed E-state index contributed by atoms with van der Waals surface area (Å²) in [7, 11) is 0. The Balaban J connectivity index is 1.16. The molecule has 10 rings (SSSR count). The van der Waals surface area contributed by atoms with Crippen LogP contribution in [0.2, 0.25) is 0 Å². The van der Waals surface area contributed by atoms with E-state index < -0.39 is 0 Å². The molecule has 9 aromatic rings. The van der Waals surface area contributed by atoms with Crippen LogP contribution in [0.5, 0.6) is 0 Å². The van der Waals surface area contributed by atoms with Gasteiger partial charge >= 0.3 is 0 Å². The highest BCUT2D eigenvalue weighted by molar-refractivity contribution is 6.17. The zero-order chi connectivity index (χ0) is 36.6. The number of nitrogens with zero attached hydrogens (tertiary/aromatic N) is 3. The third-order valence-corrected chi connectivity index (χ3v) is 12.3. The van der Waals surface area contributed by atoms with Crippen molar-refractivity contribution in [3.05, 3.63) is 175 Å². The topological polar surface area (TPSA) is 38.7 Å². The fourth-order valence-corrected chi connectivity index (χ4v) is 8.64. The second-order valence-electron chi connectivity index (χ2n) is 15.7. The maximum absolute atomic E-state index is 5.27. The van der Waals surface area contributed by atoms with E-state index in [0.717, 1.165) is 27.8 Å². The number of hydrogen-bond acceptors (Lipinski definition) is 3. The van der Waals surface area contributed by atoms with Crippen LogP contribution in [0.15, 0.2) is 164 Å². The Hall–Kier alpha value is -6.45. The van der Waals surface area contributed by atoms with Crippen LogP contribution in [-0.2, 0) is 10.8 Å². The van der Waals surface area contributed by atoms with Crippen molar-refractivity contribution < 1.29 is 0 Å². The van der Waals surface area contributed by atoms with Gasteiger partial charge in [0.25, 0.3) is 0 Å². The van der Waals surface area contributed by atoms with Gasteiger partial charge in [0.1, 0.15) is 0 Å². The summed E-state index contributed by atoms with van der Waals surface area (Å²) in [6.07, 6.45) is 0. The average Bonchev–Trinajstić information content (AvgIpc) is 3.22. The van der Waals surface area contributed by atoms with Crippen molar-refractivity contribution >= 4 is 32.3 Å². The lowest BCUT2D eigenvalue weighted by molar-refractivity contribution is 0.299. The van der Waals surface area contributed by atoms with Crippen LogP contribution in [0.3, 0.4) is 0 Å². The van der Waals surface area contributed by atoms with E-state index in [1.807, 2.05) is 18.2 Å². The summed E-state index contributed by atoms with van der Waals surface area (Å²) in [5.74, 6) is 1.95. The van der Waals surface area contributed by atoms with Crippen molar-refractivity contribution in [1.82, 2.24) is 15.0 Å². The molecule has 1 aromatic heterocycles. The molecule has 3 heteroatoms. The minimum atomic E-state index is -0.0549. The number of rotatable bonds is 4. The first kappa shape index (κ1) is 32.2. The van der Waals surface area contributed by atoms with Gasteiger partial charge in [-0.05, 0) is 88.7 Å². The molecule has 0 bridgehead atoms. The van der Waals surface area contributed by atoms with E-state index in [9.17, 15) is 0 Å². The normalized spacial score (nSPS) is 14.2. The monoisotopic (exact) mass is 693 g/mol. The Morgan fingerprint density at radius 3 is 1.63 bits per heavy atom. The molecule has 0 saturated carbocycles. The maximum Gasteiger partial charge on any atom is 0.164 e. The molecule has 54 heavy (non-hydrogen) atoms. The van der Waals surface area contributed by atoms with Gasteiger partial charge < -0.3 is 0 Å². The van der Waals surface area contributed by atoms with E-state index in [4.69, 9.17) is 15.0 Å². The standard InChI is InChI=1S/C51H39N3/c1-50(2)45-21-13-12-19-41(45)44-30-35(26-29-46(44)51(50,3)4)38-18-10-11-20-42(38)49-53-47(34-15-6-5-7-16-34)52-48(54-49)36-23-22-33-25-27-39-37-17-9-8-14-32(37)24-28-40(39)43(33)31-36/h5-31H,1-4H3. The Labute approximate surface area is 316 Å². The molecule has 1 aliphatic carbocycles. The van der Waals surface area contributed by atoms with Gasteiger partial charge in [-0.2, -0.15) is 0 Å². The van der Waals surface area contributed by atoms with Crippen LogP contribution in [0.25, 0.3) is 88.7 Å². The Morgan fingerprint density at radius 2 is 0.852 bits per heavy atom. The number of aromatic nitrogens is 3. The van der Waals surface area contributed by atoms with Crippen molar-refractivity contribution in [2.75, 3.05) is 0 Å². The minimum Gasteiger partial charge on any atom is -0.208 e. The summed E-state index contributed by atoms with van der Waals surface area (Å²) in [6, 6.07) is 58.7. The summed E-state index contributed by atoms with van der Waals surface area (Å²) < 4.78 is 0. The lowest BCUT2D eigenvalue weighted by atomic mass is 9.55. The predicted molar refractivity (Wildman–Crippen MR) is 226 cm³/mol. The SMILES string of the molecule is CC1(C)c2ccccc2-c2cc(-c3ccccc3-c3nc(-c4ccccc4)nc(-c4ccc5ccc6c7ccccc7ccc6c5c4)n3)ccc2C1(C)C. The first-order valence-electron chi connectivity index (χ1n) is 18.8. The van der Waals surface area contributed by atoms with Gasteiger partial charge in [-0.1, -0.05) is 179 Å². The molecule has 258 valence electrons. The molecule has 0 atom stereocenters. The van der Waals surface area contributed by atoms with Gasteiger partial charge in [0.05, 0.1) is 0 Å². The molecule has 0 N–H and O–H groups in total. The quantitative estimate of drug-likeness (QED) is 0.172. The number of fused-ring (bicyclic) bond motifs is 8. The fourth-order valence-electron chi connectivity index (χ4n) is 8.64. The molecule has 0 radical (unpaired) electrons. The van der Waals surface area contributed by atoms with Crippen LogP contribution < -0.4 is 0 Å². The first-order chi connectivity index (χ1) is 26.3. The number of benzene rings is 8. The molecular weight excluding hydrogens is 655 g/mol. The highest BCUT2D eigenvalue weighted by Crippen LogP contribution is 2.54. The zero-order valence-electron chi connectivity index (χ0n) is 30.9. The molecule has 0 spiro atoms. The first-order valence-corrected chi connectivity index (χ1v) is 18.8. The highest BCUT2D eigenvalue weighted by atomic mass is 15.0. The lowest BCUT2D eigenvalue weighted by Gasteiger charge is -2.48. The Kier molecular flexibility index (Phi) is 7.19. The Morgan fingerprint density at radius 1 is 0.315 bits per heavy atom. The molecular formula is C51H39N3. The summed E-state index contributed by atoms with van der Waals surface area (Å²) in [5.41, 5.74) is 10.4. The molecule has 0 fully saturated rings. The fraction of sp³-hybridized carbons (Fsp3) is 0.118. The largest absolute Gasteiger partial charge is 0.208 e. The van der Waals surface area contributed by atoms with Gasteiger partial charge in [0.15, 0.2) is 17.5 Å². The maximum atomic E-state index is 5.27. The van der Waals surface area contributed by atoms with Crippen molar-refractivity contribution in [2.24, 2.45) is 0 Å². The number of hydrogen-bond donors (Lipinski definition) is 0. The third kappa shape index (κ3) is 4.92. The van der Waals surface area contributed by atoms with Gasteiger partial charge in [-0.15, -0.1) is 0 Å². The van der Waals surface area contributed by atoms with Crippen LogP contribution in [0, 0.1) is 0 Å². The zero-order valence-corrected chi connectivity index (χ0v) is 30.9. The van der Waals surface area contributed by atoms with Gasteiger partial charge in [-0.3, -0.25) is 0 Å². The predicted octanol–water partition coefficient (Wildman–Crippen LogP) is 13.2. The van der Waals surface area contributed by atoms with Crippen LogP contribution >= 0.6 is 0 Å². The lowest BCUT2D eigenvalue weighted by Crippen LogP contribution is -2.43. The minimum absolute atomic E-state index is 0.0199. The van der Waals surface area contributed by atoms with Gasteiger partial charge in [-0.25, -0.2) is 15.0 Å². The molecule has 1 aliphatic rings. The van der Waals surface area contributed by atoms with E-state index in [0.29, 0.717) is 17.5 Å². The molecule has 0 saturated heterocycles. The molecule has 0 aliphatic heterocycles. The summed E-state index contributed by atoms with van der Waals surface area (Å²) in [6.45, 7) is 9.51. The van der Waals surface area contributed by atoms with Crippen molar-refractivity contribution in [3.63, 3.8) is 0 Å². The highest BCUT2D eigenvalue weighted by Gasteiger charge is 2.45. The average molecular weight is 694 g/mol. The second kappa shape index (κ2) is 12.0. The van der Waals surface area contributed by atoms with E-state index in [2.05, 4.69) is 173 Å². The summed E-state index contributed by atoms with van der Waals surface area (Å²) >= 11 is 0. The van der Waals surface area contributed by atoms with E-state index in [1.54, 1.807) is 0 Å². The van der Waals surface area contributed by atoms with Gasteiger partial charge in [0.2, 0.25) is 0 Å². The van der Waals surface area contributed by atoms with E-state index in [-0.39, 0.29) is 10.8 Å². The summed E-state index contributed by atoms with van der Waals surface area (Å²) in [4.78, 5) is 15.6. The van der Waals surface area contributed by atoms with Crippen LogP contribution in [-0.4, -0.2) is 15.0 Å². The molecule has 8 aromatic carbocycles. The molecule has 0 unspecified atom stereocenters. The Bertz CT molecular complexity index is 2940. The third-order valence-electron chi connectivity index (χ3n) is 12.3. The van der Waals surface area contributed by atoms with Crippen LogP contribution in [0.1, 0.15) is 38.8 Å². The van der Waals surface area contributed by atoms with Crippen molar-refractivity contribution in [3.8, 4) is 56.4 Å². The van der Waals surface area contributed by atoms with Crippen molar-refractivity contribution in [1.29, 1.82) is 0 Å². The van der Waals surface area contributed by atoms with Gasteiger partial charge in [0, 0.05) is 16.7 Å². The second-order valence-corrected chi connectivity index (χ2v) is 15.7. The molecule has 1 heterocycles. The van der Waals surface area contributed by atoms with E-state index in [1.165, 1.54) is 54.6 Å². The van der Waals surface area contributed by atoms with E-state index >= 15 is 0 Å². The summed E-state index contributed by atoms with van der Waals surface area (Å²) in [5, 5.41) is 7.32. The van der Waals surface area contributed by atoms with Crippen molar-refractivity contribution in [2.45, 2.75) is 38.5 Å². The smallest absolute Gasteiger partial charge is 0.164 e. The van der Waals surface area contributed by atoms with Crippen LogP contribution in [0.4, 0.5) is 0 Å². The molecule has 3 nitrogen and oxygen atoms in total. The molecule has 0 amide bonds.